The van der Waals surface area contributed by atoms with Crippen LogP contribution in [-0.2, 0) is 14.3 Å². The number of hydrogen-bond donors (Lipinski definition) is 0. The van der Waals surface area contributed by atoms with Gasteiger partial charge in [0.15, 0.2) is 6.61 Å². The van der Waals surface area contributed by atoms with Crippen molar-refractivity contribution in [2.45, 2.75) is 38.5 Å². The van der Waals surface area contributed by atoms with E-state index in [-0.39, 0.29) is 24.9 Å². The Balaban J connectivity index is 1.91. The molecule has 1 aliphatic rings. The lowest BCUT2D eigenvalue weighted by molar-refractivity contribution is -0.142. The molecule has 0 N–H and O–H groups in total. The SMILES string of the molecule is COC(=O)CCN(CCC1=CCCCC1)C(=O)COc1ccccc1Cl. The highest BCUT2D eigenvalue weighted by molar-refractivity contribution is 6.32. The maximum atomic E-state index is 12.6. The Morgan fingerprint density at radius 1 is 1.19 bits per heavy atom. The summed E-state index contributed by atoms with van der Waals surface area (Å²) in [5, 5.41) is 0.466. The van der Waals surface area contributed by atoms with Crippen LogP contribution in [0.1, 0.15) is 38.5 Å². The third-order valence-corrected chi connectivity index (χ3v) is 4.75. The minimum absolute atomic E-state index is 0.107. The van der Waals surface area contributed by atoms with Crippen molar-refractivity contribution in [3.63, 3.8) is 0 Å². The first-order chi connectivity index (χ1) is 12.6. The molecule has 26 heavy (non-hydrogen) atoms. The summed E-state index contributed by atoms with van der Waals surface area (Å²) in [6.45, 7) is 0.794. The van der Waals surface area contributed by atoms with Gasteiger partial charge >= 0.3 is 5.97 Å². The molecule has 0 unspecified atom stereocenters. The fourth-order valence-corrected chi connectivity index (χ4v) is 3.08. The van der Waals surface area contributed by atoms with Crippen molar-refractivity contribution in [2.75, 3.05) is 26.8 Å². The summed E-state index contributed by atoms with van der Waals surface area (Å²) in [5.41, 5.74) is 1.39. The van der Waals surface area contributed by atoms with E-state index in [1.165, 1.54) is 25.5 Å². The van der Waals surface area contributed by atoms with E-state index in [9.17, 15) is 9.59 Å². The van der Waals surface area contributed by atoms with Crippen LogP contribution in [0.4, 0.5) is 0 Å². The number of carbonyl (C=O) groups is 2. The van der Waals surface area contributed by atoms with Gasteiger partial charge in [0.05, 0.1) is 18.6 Å². The Labute approximate surface area is 159 Å². The van der Waals surface area contributed by atoms with E-state index in [1.54, 1.807) is 29.2 Å². The Morgan fingerprint density at radius 2 is 2.00 bits per heavy atom. The van der Waals surface area contributed by atoms with Gasteiger partial charge in [0.1, 0.15) is 5.75 Å². The lowest BCUT2D eigenvalue weighted by Gasteiger charge is -2.24. The number of hydrogen-bond acceptors (Lipinski definition) is 4. The molecule has 0 spiro atoms. The summed E-state index contributed by atoms with van der Waals surface area (Å²) in [6, 6.07) is 7.04. The van der Waals surface area contributed by atoms with Crippen LogP contribution in [0, 0.1) is 0 Å². The van der Waals surface area contributed by atoms with Crippen LogP contribution in [-0.4, -0.2) is 43.6 Å². The molecule has 0 aliphatic heterocycles. The zero-order valence-corrected chi connectivity index (χ0v) is 16.0. The highest BCUT2D eigenvalue weighted by Gasteiger charge is 2.17. The lowest BCUT2D eigenvalue weighted by atomic mass is 9.97. The van der Waals surface area contributed by atoms with E-state index in [4.69, 9.17) is 16.3 Å². The molecule has 0 saturated carbocycles. The van der Waals surface area contributed by atoms with Gasteiger partial charge in [-0.3, -0.25) is 9.59 Å². The number of benzene rings is 1. The van der Waals surface area contributed by atoms with Gasteiger partial charge in [-0.2, -0.15) is 0 Å². The first-order valence-electron chi connectivity index (χ1n) is 9.00. The number of halogens is 1. The number of nitrogens with zero attached hydrogens (tertiary/aromatic N) is 1. The lowest BCUT2D eigenvalue weighted by Crippen LogP contribution is -2.37. The van der Waals surface area contributed by atoms with Gasteiger partial charge in [-0.1, -0.05) is 35.4 Å². The number of esters is 1. The van der Waals surface area contributed by atoms with E-state index in [0.29, 0.717) is 23.9 Å². The molecule has 0 fully saturated rings. The Morgan fingerprint density at radius 3 is 2.69 bits per heavy atom. The van der Waals surface area contributed by atoms with Gasteiger partial charge in [0.2, 0.25) is 0 Å². The summed E-state index contributed by atoms with van der Waals surface area (Å²) in [7, 11) is 1.35. The largest absolute Gasteiger partial charge is 0.482 e. The number of carbonyl (C=O) groups excluding carboxylic acids is 2. The molecule has 0 bridgehead atoms. The molecule has 6 heteroatoms. The maximum absolute atomic E-state index is 12.6. The van der Waals surface area contributed by atoms with Crippen LogP contribution in [0.5, 0.6) is 5.75 Å². The number of ether oxygens (including phenoxy) is 2. The van der Waals surface area contributed by atoms with Crippen LogP contribution in [0.3, 0.4) is 0 Å². The summed E-state index contributed by atoms with van der Waals surface area (Å²) >= 11 is 6.05. The first kappa shape index (κ1) is 20.3. The van der Waals surface area contributed by atoms with Crippen molar-refractivity contribution in [2.24, 2.45) is 0 Å². The van der Waals surface area contributed by atoms with E-state index in [0.717, 1.165) is 19.3 Å². The monoisotopic (exact) mass is 379 g/mol. The fourth-order valence-electron chi connectivity index (χ4n) is 2.89. The number of allylic oxidation sites excluding steroid dienone is 1. The summed E-state index contributed by atoms with van der Waals surface area (Å²) in [5.74, 6) is -0.0117. The van der Waals surface area contributed by atoms with Crippen molar-refractivity contribution >= 4 is 23.5 Å². The van der Waals surface area contributed by atoms with Gasteiger partial charge in [0, 0.05) is 13.1 Å². The molecule has 0 radical (unpaired) electrons. The topological polar surface area (TPSA) is 55.8 Å². The van der Waals surface area contributed by atoms with E-state index >= 15 is 0 Å². The molecule has 0 saturated heterocycles. The standard InChI is InChI=1S/C20H26ClNO4/c1-25-20(24)12-14-22(13-11-16-7-3-2-4-8-16)19(23)15-26-18-10-6-5-9-17(18)21/h5-7,9-10H,2-4,8,11-15H2,1H3. The van der Waals surface area contributed by atoms with Gasteiger partial charge in [-0.15, -0.1) is 0 Å². The highest BCUT2D eigenvalue weighted by Crippen LogP contribution is 2.23. The second-order valence-corrected chi connectivity index (χ2v) is 6.69. The van der Waals surface area contributed by atoms with Crippen molar-refractivity contribution in [1.82, 2.24) is 4.90 Å². The van der Waals surface area contributed by atoms with Crippen LogP contribution in [0.15, 0.2) is 35.9 Å². The average Bonchev–Trinajstić information content (AvgIpc) is 2.67. The zero-order chi connectivity index (χ0) is 18.8. The molecular weight excluding hydrogens is 354 g/mol. The Hall–Kier alpha value is -2.01. The molecule has 0 aromatic heterocycles. The highest BCUT2D eigenvalue weighted by atomic mass is 35.5. The molecule has 5 nitrogen and oxygen atoms in total. The van der Waals surface area contributed by atoms with Crippen molar-refractivity contribution in [1.29, 1.82) is 0 Å². The predicted octanol–water partition coefficient (Wildman–Crippen LogP) is 4.00. The zero-order valence-electron chi connectivity index (χ0n) is 15.2. The molecule has 1 aliphatic carbocycles. The van der Waals surface area contributed by atoms with E-state index in [1.807, 2.05) is 0 Å². The minimum Gasteiger partial charge on any atom is -0.482 e. The average molecular weight is 380 g/mol. The van der Waals surface area contributed by atoms with Gasteiger partial charge in [0.25, 0.3) is 5.91 Å². The first-order valence-corrected chi connectivity index (χ1v) is 9.37. The van der Waals surface area contributed by atoms with Crippen LogP contribution >= 0.6 is 11.6 Å². The molecule has 1 aromatic carbocycles. The molecule has 0 heterocycles. The normalized spacial score (nSPS) is 13.7. The smallest absolute Gasteiger partial charge is 0.307 e. The van der Waals surface area contributed by atoms with Crippen molar-refractivity contribution in [3.8, 4) is 5.75 Å². The minimum atomic E-state index is -0.327. The van der Waals surface area contributed by atoms with Crippen LogP contribution in [0.2, 0.25) is 5.02 Å². The number of amides is 1. The van der Waals surface area contributed by atoms with Crippen molar-refractivity contribution < 1.29 is 19.1 Å². The third kappa shape index (κ3) is 6.71. The van der Waals surface area contributed by atoms with Gasteiger partial charge < -0.3 is 14.4 Å². The molecule has 2 rings (SSSR count). The molecule has 142 valence electrons. The summed E-state index contributed by atoms with van der Waals surface area (Å²) < 4.78 is 10.2. The predicted molar refractivity (Wildman–Crippen MR) is 101 cm³/mol. The third-order valence-electron chi connectivity index (χ3n) is 4.44. The number of rotatable bonds is 9. The Bertz CT molecular complexity index is 644. The number of para-hydroxylation sites is 1. The molecule has 0 atom stereocenters. The van der Waals surface area contributed by atoms with Crippen LogP contribution < -0.4 is 4.74 Å². The summed E-state index contributed by atoms with van der Waals surface area (Å²) in [4.78, 5) is 25.7. The second-order valence-electron chi connectivity index (χ2n) is 6.28. The molecular formula is C20H26ClNO4. The molecule has 1 aromatic rings. The van der Waals surface area contributed by atoms with Crippen molar-refractivity contribution in [3.05, 3.63) is 40.9 Å². The Kier molecular flexibility index (Phi) is 8.48. The molecule has 1 amide bonds. The quantitative estimate of drug-likeness (QED) is 0.480. The fraction of sp³-hybridized carbons (Fsp3) is 0.500. The van der Waals surface area contributed by atoms with Crippen LogP contribution in [0.25, 0.3) is 0 Å². The van der Waals surface area contributed by atoms with E-state index in [2.05, 4.69) is 10.8 Å². The maximum Gasteiger partial charge on any atom is 0.307 e. The number of methoxy groups -OCH3 is 1. The van der Waals surface area contributed by atoms with E-state index < -0.39 is 0 Å². The second kappa shape index (κ2) is 10.9. The van der Waals surface area contributed by atoms with Gasteiger partial charge in [-0.05, 0) is 44.2 Å². The summed E-state index contributed by atoms with van der Waals surface area (Å²) in [6.07, 6.45) is 7.92. The van der Waals surface area contributed by atoms with Gasteiger partial charge in [-0.25, -0.2) is 0 Å².